The van der Waals surface area contributed by atoms with Crippen molar-refractivity contribution in [3.05, 3.63) is 84.2 Å². The summed E-state index contributed by atoms with van der Waals surface area (Å²) in [6.45, 7) is 15.1. The van der Waals surface area contributed by atoms with E-state index in [4.69, 9.17) is 14.1 Å². The van der Waals surface area contributed by atoms with Crippen LogP contribution in [0.5, 0.6) is 5.75 Å². The fourth-order valence-corrected chi connectivity index (χ4v) is 2.94. The van der Waals surface area contributed by atoms with E-state index in [2.05, 4.69) is 13.2 Å². The monoisotopic (exact) mass is 385 g/mol. The Morgan fingerprint density at radius 1 is 1.31 bits per heavy atom. The Morgan fingerprint density at radius 3 is 2.62 bits per heavy atom. The van der Waals surface area contributed by atoms with Crippen LogP contribution in [0.1, 0.15) is 34.3 Å². The molecule has 0 aliphatic carbocycles. The molecule has 0 atom stereocenters. The zero-order valence-electron chi connectivity index (χ0n) is 17.5. The Balaban J connectivity index is 2.48. The molecular formula is C23H25B2NO3. The quantitative estimate of drug-likeness (QED) is 0.351. The second-order valence-corrected chi connectivity index (χ2v) is 6.45. The summed E-state index contributed by atoms with van der Waals surface area (Å²) in [6.07, 6.45) is 9.24. The first-order valence-electron chi connectivity index (χ1n) is 9.38. The van der Waals surface area contributed by atoms with Gasteiger partial charge in [0.05, 0.1) is 0 Å². The van der Waals surface area contributed by atoms with Crippen LogP contribution in [0.2, 0.25) is 0 Å². The van der Waals surface area contributed by atoms with Crippen LogP contribution >= 0.6 is 0 Å². The molecule has 0 fully saturated rings. The number of benzene rings is 1. The van der Waals surface area contributed by atoms with E-state index < -0.39 is 0 Å². The number of ether oxygens (including phenoxy) is 1. The number of nitrogens with zero attached hydrogens (tertiary/aromatic N) is 1. The summed E-state index contributed by atoms with van der Waals surface area (Å²) in [5, 5.41) is 0. The van der Waals surface area contributed by atoms with Crippen LogP contribution in [-0.2, 0) is 0 Å². The molecule has 0 spiro atoms. The van der Waals surface area contributed by atoms with Gasteiger partial charge in [-0.25, -0.2) is 0 Å². The Labute approximate surface area is 173 Å². The topological polar surface area (TPSA) is 51.8 Å². The number of rotatable bonds is 9. The summed E-state index contributed by atoms with van der Waals surface area (Å²) < 4.78 is 10.9. The Bertz CT molecular complexity index is 1010. The fourth-order valence-electron chi connectivity index (χ4n) is 2.94. The number of carbonyl (C=O) groups excluding carboxylic acids is 1. The van der Waals surface area contributed by atoms with Gasteiger partial charge in [-0.05, 0) is 0 Å². The summed E-state index contributed by atoms with van der Waals surface area (Å²) in [6, 6.07) is 3.88. The minimum absolute atomic E-state index is 0.0934. The van der Waals surface area contributed by atoms with E-state index in [-0.39, 0.29) is 13.0 Å². The molecule has 0 aliphatic rings. The van der Waals surface area contributed by atoms with E-state index in [0.717, 1.165) is 16.7 Å². The maximum absolute atomic E-state index is 12.5. The molecule has 0 unspecified atom stereocenters. The Kier molecular flexibility index (Phi) is 7.96. The molecule has 2 aromatic rings. The predicted molar refractivity (Wildman–Crippen MR) is 124 cm³/mol. The number of carbonyl (C=O) groups is 1. The molecule has 1 aromatic heterocycles. The van der Waals surface area contributed by atoms with E-state index >= 15 is 0 Å². The molecule has 4 nitrogen and oxygen atoms in total. The minimum atomic E-state index is -0.146. The summed E-state index contributed by atoms with van der Waals surface area (Å²) >= 11 is 0. The van der Waals surface area contributed by atoms with Gasteiger partial charge in [0.15, 0.2) is 0 Å². The van der Waals surface area contributed by atoms with Gasteiger partial charge >= 0.3 is 161 Å². The standard InChI is InChI=1S/C23H25B2NO3/c1-7-10-11-17(8-2)18-12-13-19(28-6)22(15(18)4)26-21(9-3)25-23(27)20-14-24-16(5)29-20/h7-14,25H,1,3H2,2,4-6H3/b11-10-,17-8+,26-21+. The summed E-state index contributed by atoms with van der Waals surface area (Å²) in [5.41, 5.74) is 4.80. The summed E-state index contributed by atoms with van der Waals surface area (Å²) in [7, 11) is 1.70. The van der Waals surface area contributed by atoms with Crippen molar-refractivity contribution in [2.45, 2.75) is 20.8 Å². The zero-order valence-corrected chi connectivity index (χ0v) is 17.5. The third kappa shape index (κ3) is 5.44. The number of allylic oxidation sites excluding steroid dienone is 6. The van der Waals surface area contributed by atoms with Gasteiger partial charge in [0, 0.05) is 0 Å². The molecular weight excluding hydrogens is 360 g/mol. The second kappa shape index (κ2) is 10.4. The van der Waals surface area contributed by atoms with Crippen molar-refractivity contribution in [3.63, 3.8) is 0 Å². The Hall–Kier alpha value is -3.14. The predicted octanol–water partition coefficient (Wildman–Crippen LogP) is 4.88. The van der Waals surface area contributed by atoms with Crippen LogP contribution in [0, 0.1) is 13.8 Å². The van der Waals surface area contributed by atoms with Crippen LogP contribution < -0.4 is 4.74 Å². The van der Waals surface area contributed by atoms with Crippen molar-refractivity contribution < 1.29 is 13.9 Å². The van der Waals surface area contributed by atoms with E-state index in [0.29, 0.717) is 28.5 Å². The first kappa shape index (κ1) is 22.2. The van der Waals surface area contributed by atoms with Crippen molar-refractivity contribution in [2.75, 3.05) is 7.11 Å². The fraction of sp³-hybridized carbons (Fsp3) is 0.174. The van der Waals surface area contributed by atoms with Crippen molar-refractivity contribution in [1.82, 2.24) is 0 Å². The molecule has 0 aliphatic heterocycles. The molecule has 1 heterocycles. The van der Waals surface area contributed by atoms with E-state index in [1.54, 1.807) is 39.1 Å². The average molecular weight is 385 g/mol. The normalized spacial score (nSPS) is 12.0. The van der Waals surface area contributed by atoms with Crippen molar-refractivity contribution in [1.29, 1.82) is 0 Å². The van der Waals surface area contributed by atoms with Gasteiger partial charge in [0.2, 0.25) is 0 Å². The van der Waals surface area contributed by atoms with E-state index in [1.165, 1.54) is 0 Å². The summed E-state index contributed by atoms with van der Waals surface area (Å²) in [5.74, 6) is 2.63. The van der Waals surface area contributed by atoms with Gasteiger partial charge in [-0.3, -0.25) is 0 Å². The van der Waals surface area contributed by atoms with E-state index in [9.17, 15) is 4.79 Å². The molecule has 2 rings (SSSR count). The third-order valence-corrected chi connectivity index (χ3v) is 4.50. The van der Waals surface area contributed by atoms with Gasteiger partial charge in [-0.15, -0.1) is 0 Å². The first-order valence-corrected chi connectivity index (χ1v) is 9.38. The van der Waals surface area contributed by atoms with Gasteiger partial charge in [-0.1, -0.05) is 12.7 Å². The SMILES string of the molecule is C=C/C=C\C(=C/C)c1ccc(OC)c(/N=C(/BC(=O)c2cbc(C)o2)C=C)c1C. The molecule has 29 heavy (non-hydrogen) atoms. The number of methoxy groups -OCH3 is 1. The maximum atomic E-state index is 12.5. The molecule has 0 bridgehead atoms. The molecule has 0 saturated heterocycles. The van der Waals surface area contributed by atoms with Crippen molar-refractivity contribution in [2.24, 2.45) is 4.99 Å². The van der Waals surface area contributed by atoms with Crippen molar-refractivity contribution >= 4 is 36.7 Å². The zero-order chi connectivity index (χ0) is 21.4. The van der Waals surface area contributed by atoms with Crippen LogP contribution in [0.25, 0.3) is 5.57 Å². The van der Waals surface area contributed by atoms with Gasteiger partial charge in [-0.2, -0.15) is 0 Å². The molecule has 0 amide bonds. The molecule has 0 saturated carbocycles. The molecule has 146 valence electrons. The van der Waals surface area contributed by atoms with Crippen LogP contribution in [-0.4, -0.2) is 32.6 Å². The third-order valence-electron chi connectivity index (χ3n) is 4.50. The molecule has 0 radical (unpaired) electrons. The average Bonchev–Trinajstić information content (AvgIpc) is 3.16. The van der Waals surface area contributed by atoms with Crippen LogP contribution in [0.15, 0.2) is 71.0 Å². The summed E-state index contributed by atoms with van der Waals surface area (Å²) in [4.78, 5) is 17.2. The number of hydrogen-bond acceptors (Lipinski definition) is 4. The number of hydrogen-bond donors (Lipinski definition) is 0. The van der Waals surface area contributed by atoms with E-state index in [1.807, 2.05) is 44.2 Å². The molecule has 6 heteroatoms. The first-order chi connectivity index (χ1) is 13.9. The van der Waals surface area contributed by atoms with Gasteiger partial charge in [0.1, 0.15) is 0 Å². The van der Waals surface area contributed by atoms with Crippen LogP contribution in [0.3, 0.4) is 0 Å². The van der Waals surface area contributed by atoms with Crippen molar-refractivity contribution in [3.8, 4) is 5.75 Å². The van der Waals surface area contributed by atoms with Crippen LogP contribution in [0.4, 0.5) is 5.69 Å². The van der Waals surface area contributed by atoms with Gasteiger partial charge in [0.25, 0.3) is 0 Å². The second-order valence-electron chi connectivity index (χ2n) is 6.45. The molecule has 1 aromatic carbocycles. The number of aryl methyl sites for hydroxylation is 1. The Morgan fingerprint density at radius 2 is 2.07 bits per heavy atom. The number of aliphatic imine (C=N–C) groups is 1. The molecule has 0 N–H and O–H groups in total. The van der Waals surface area contributed by atoms with Gasteiger partial charge < -0.3 is 0 Å².